The molecule has 0 amide bonds. The van der Waals surface area contributed by atoms with Crippen molar-refractivity contribution in [3.05, 3.63) is 47.0 Å². The van der Waals surface area contributed by atoms with E-state index in [2.05, 4.69) is 19.9 Å². The lowest BCUT2D eigenvalue weighted by atomic mass is 9.76. The third-order valence-corrected chi connectivity index (χ3v) is 5.13. The second-order valence-electron chi connectivity index (χ2n) is 6.93. The molecule has 0 nitrogen and oxygen atoms in total. The zero-order valence-corrected chi connectivity index (χ0v) is 14.6. The van der Waals surface area contributed by atoms with Gasteiger partial charge in [0.15, 0.2) is 11.6 Å². The Morgan fingerprint density at radius 2 is 1.74 bits per heavy atom. The normalized spacial score (nSPS) is 16.5. The maximum atomic E-state index is 13.8. The molecule has 1 aliphatic rings. The molecule has 1 atom stereocenters. The Morgan fingerprint density at radius 1 is 1.00 bits per heavy atom. The van der Waals surface area contributed by atoms with Gasteiger partial charge in [-0.1, -0.05) is 57.2 Å². The lowest BCUT2D eigenvalue weighted by molar-refractivity contribution is 0.354. The summed E-state index contributed by atoms with van der Waals surface area (Å²) in [4.78, 5) is 0. The average molecular weight is 320 g/mol. The fourth-order valence-corrected chi connectivity index (χ4v) is 3.96. The summed E-state index contributed by atoms with van der Waals surface area (Å²) in [7, 11) is 0. The van der Waals surface area contributed by atoms with Gasteiger partial charge in [0, 0.05) is 0 Å². The SMILES string of the molecule is CCCC(CCC)C(CC1=CCCCC1)c1ccc(F)c(F)c1. The van der Waals surface area contributed by atoms with Crippen LogP contribution in [0.2, 0.25) is 0 Å². The molecule has 0 radical (unpaired) electrons. The Balaban J connectivity index is 2.27. The standard InChI is InChI=1S/C21H30F2/c1-3-8-17(9-4-2)19(14-16-10-6-5-7-11-16)18-12-13-20(22)21(23)15-18/h10,12-13,15,17,19H,3-9,11,14H2,1-2H3. The molecule has 1 unspecified atom stereocenters. The molecule has 0 spiro atoms. The summed E-state index contributed by atoms with van der Waals surface area (Å²) in [5, 5.41) is 0. The topological polar surface area (TPSA) is 0 Å². The van der Waals surface area contributed by atoms with E-state index in [1.807, 2.05) is 0 Å². The van der Waals surface area contributed by atoms with Gasteiger partial charge >= 0.3 is 0 Å². The van der Waals surface area contributed by atoms with Crippen molar-refractivity contribution < 1.29 is 8.78 Å². The number of benzene rings is 1. The van der Waals surface area contributed by atoms with Crippen molar-refractivity contribution in [3.63, 3.8) is 0 Å². The second kappa shape index (κ2) is 9.20. The lowest BCUT2D eigenvalue weighted by Gasteiger charge is -2.29. The van der Waals surface area contributed by atoms with Crippen molar-refractivity contribution in [1.82, 2.24) is 0 Å². The molecule has 1 aromatic carbocycles. The Kier molecular flexibility index (Phi) is 7.26. The summed E-state index contributed by atoms with van der Waals surface area (Å²) in [6.45, 7) is 4.43. The molecule has 0 aliphatic heterocycles. The molecular weight excluding hydrogens is 290 g/mol. The van der Waals surface area contributed by atoms with Crippen LogP contribution in [0.4, 0.5) is 8.78 Å². The van der Waals surface area contributed by atoms with Crippen molar-refractivity contribution >= 4 is 0 Å². The van der Waals surface area contributed by atoms with Crippen LogP contribution in [-0.2, 0) is 0 Å². The molecule has 0 aromatic heterocycles. The van der Waals surface area contributed by atoms with Gasteiger partial charge in [0.05, 0.1) is 0 Å². The monoisotopic (exact) mass is 320 g/mol. The number of rotatable bonds is 8. The summed E-state index contributed by atoms with van der Waals surface area (Å²) in [5.41, 5.74) is 2.49. The fraction of sp³-hybridized carbons (Fsp3) is 0.619. The molecule has 1 aliphatic carbocycles. The summed E-state index contributed by atoms with van der Waals surface area (Å²) in [6.07, 6.45) is 12.9. The molecular formula is C21H30F2. The van der Waals surface area contributed by atoms with E-state index in [1.165, 1.54) is 43.4 Å². The molecule has 1 aromatic rings. The van der Waals surface area contributed by atoms with Crippen LogP contribution in [0.25, 0.3) is 0 Å². The van der Waals surface area contributed by atoms with Gasteiger partial charge in [0.25, 0.3) is 0 Å². The quantitative estimate of drug-likeness (QED) is 0.446. The van der Waals surface area contributed by atoms with Crippen molar-refractivity contribution in [2.45, 2.75) is 77.6 Å². The summed E-state index contributed by atoms with van der Waals surface area (Å²) >= 11 is 0. The molecule has 0 heterocycles. The maximum Gasteiger partial charge on any atom is 0.159 e. The van der Waals surface area contributed by atoms with E-state index in [0.717, 1.165) is 37.7 Å². The van der Waals surface area contributed by atoms with E-state index >= 15 is 0 Å². The minimum Gasteiger partial charge on any atom is -0.204 e. The summed E-state index contributed by atoms with van der Waals surface area (Å²) in [5.74, 6) is -0.587. The van der Waals surface area contributed by atoms with E-state index in [0.29, 0.717) is 11.8 Å². The number of allylic oxidation sites excluding steroid dienone is 2. The van der Waals surface area contributed by atoms with Gasteiger partial charge < -0.3 is 0 Å². The minimum atomic E-state index is -0.744. The van der Waals surface area contributed by atoms with E-state index in [1.54, 1.807) is 6.07 Å². The molecule has 2 heteroatoms. The Morgan fingerprint density at radius 3 is 2.30 bits per heavy atom. The van der Waals surface area contributed by atoms with E-state index in [-0.39, 0.29) is 0 Å². The molecule has 128 valence electrons. The highest BCUT2D eigenvalue weighted by atomic mass is 19.2. The Bertz CT molecular complexity index is 513. The zero-order chi connectivity index (χ0) is 16.7. The highest BCUT2D eigenvalue weighted by Gasteiger charge is 2.24. The van der Waals surface area contributed by atoms with Crippen molar-refractivity contribution in [2.75, 3.05) is 0 Å². The first-order valence-electron chi connectivity index (χ1n) is 9.28. The Hall–Kier alpha value is -1.18. The van der Waals surface area contributed by atoms with E-state index in [9.17, 15) is 8.78 Å². The average Bonchev–Trinajstić information content (AvgIpc) is 2.56. The first-order valence-corrected chi connectivity index (χ1v) is 9.28. The smallest absolute Gasteiger partial charge is 0.159 e. The minimum absolute atomic E-state index is 0.314. The molecule has 0 saturated heterocycles. The first-order chi connectivity index (χ1) is 11.2. The van der Waals surface area contributed by atoms with Crippen molar-refractivity contribution in [1.29, 1.82) is 0 Å². The van der Waals surface area contributed by atoms with Crippen molar-refractivity contribution in [3.8, 4) is 0 Å². The second-order valence-corrected chi connectivity index (χ2v) is 6.93. The fourth-order valence-electron chi connectivity index (χ4n) is 3.96. The van der Waals surface area contributed by atoms with Gasteiger partial charge in [-0.3, -0.25) is 0 Å². The van der Waals surface area contributed by atoms with Crippen LogP contribution >= 0.6 is 0 Å². The van der Waals surface area contributed by atoms with Gasteiger partial charge in [-0.15, -0.1) is 0 Å². The first kappa shape index (κ1) is 18.2. The summed E-state index contributed by atoms with van der Waals surface area (Å²) < 4.78 is 27.1. The number of hydrogen-bond acceptors (Lipinski definition) is 0. The Labute approximate surface area is 140 Å². The van der Waals surface area contributed by atoms with Crippen LogP contribution in [0, 0.1) is 17.6 Å². The largest absolute Gasteiger partial charge is 0.204 e. The molecule has 2 rings (SSSR count). The highest BCUT2D eigenvalue weighted by molar-refractivity contribution is 5.25. The van der Waals surface area contributed by atoms with Crippen LogP contribution in [0.5, 0.6) is 0 Å². The molecule has 23 heavy (non-hydrogen) atoms. The highest BCUT2D eigenvalue weighted by Crippen LogP contribution is 2.39. The third kappa shape index (κ3) is 5.16. The summed E-state index contributed by atoms with van der Waals surface area (Å²) in [6, 6.07) is 4.52. The van der Waals surface area contributed by atoms with Crippen LogP contribution < -0.4 is 0 Å². The number of halogens is 2. The van der Waals surface area contributed by atoms with E-state index in [4.69, 9.17) is 0 Å². The zero-order valence-electron chi connectivity index (χ0n) is 14.6. The molecule has 0 N–H and O–H groups in total. The van der Waals surface area contributed by atoms with Gasteiger partial charge in [0.1, 0.15) is 0 Å². The third-order valence-electron chi connectivity index (χ3n) is 5.13. The lowest BCUT2D eigenvalue weighted by Crippen LogP contribution is -2.15. The van der Waals surface area contributed by atoms with Gasteiger partial charge in [0.2, 0.25) is 0 Å². The molecule has 0 bridgehead atoms. The van der Waals surface area contributed by atoms with Crippen LogP contribution in [0.3, 0.4) is 0 Å². The predicted molar refractivity (Wildman–Crippen MR) is 93.6 cm³/mol. The van der Waals surface area contributed by atoms with Crippen molar-refractivity contribution in [2.24, 2.45) is 5.92 Å². The predicted octanol–water partition coefficient (Wildman–Crippen LogP) is 7.16. The van der Waals surface area contributed by atoms with Gasteiger partial charge in [-0.25, -0.2) is 8.78 Å². The van der Waals surface area contributed by atoms with Crippen LogP contribution in [0.1, 0.15) is 83.1 Å². The maximum absolute atomic E-state index is 13.8. The van der Waals surface area contributed by atoms with E-state index < -0.39 is 11.6 Å². The van der Waals surface area contributed by atoms with Crippen LogP contribution in [0.15, 0.2) is 29.8 Å². The van der Waals surface area contributed by atoms with Gasteiger partial charge in [-0.05, 0) is 61.6 Å². The van der Waals surface area contributed by atoms with Gasteiger partial charge in [-0.2, -0.15) is 0 Å². The molecule has 0 saturated carbocycles. The number of hydrogen-bond donors (Lipinski definition) is 0. The van der Waals surface area contributed by atoms with Crippen LogP contribution in [-0.4, -0.2) is 0 Å². The molecule has 0 fully saturated rings.